The lowest BCUT2D eigenvalue weighted by molar-refractivity contribution is -0.189. The van der Waals surface area contributed by atoms with Crippen LogP contribution in [0.1, 0.15) is 51.1 Å². The molecule has 1 aromatic rings. The molecule has 0 bridgehead atoms. The van der Waals surface area contributed by atoms with Crippen molar-refractivity contribution in [1.82, 2.24) is 5.32 Å². The van der Waals surface area contributed by atoms with E-state index in [-0.39, 0.29) is 18.4 Å². The molecule has 21 heavy (non-hydrogen) atoms. The fraction of sp³-hybridized carbons (Fsp3) is 0.647. The molecule has 4 heteroatoms. The molecule has 3 unspecified atom stereocenters. The van der Waals surface area contributed by atoms with Gasteiger partial charge >= 0.3 is 6.18 Å². The molecule has 1 saturated carbocycles. The average molecular weight is 299 g/mol. The second-order valence-corrected chi connectivity index (χ2v) is 6.34. The van der Waals surface area contributed by atoms with Gasteiger partial charge in [0, 0.05) is 12.1 Å². The van der Waals surface area contributed by atoms with E-state index in [0.29, 0.717) is 12.8 Å². The minimum absolute atomic E-state index is 0.0286. The summed E-state index contributed by atoms with van der Waals surface area (Å²) in [6.07, 6.45) is -1.68. The van der Waals surface area contributed by atoms with Gasteiger partial charge in [-0.1, -0.05) is 57.0 Å². The van der Waals surface area contributed by atoms with Gasteiger partial charge in [-0.15, -0.1) is 0 Å². The van der Waals surface area contributed by atoms with Crippen LogP contribution in [0.25, 0.3) is 0 Å². The zero-order chi connectivity index (χ0) is 15.5. The van der Waals surface area contributed by atoms with E-state index >= 15 is 0 Å². The van der Waals surface area contributed by atoms with Crippen LogP contribution in [-0.4, -0.2) is 12.2 Å². The van der Waals surface area contributed by atoms with Gasteiger partial charge in [0.15, 0.2) is 0 Å². The Kier molecular flexibility index (Phi) is 5.31. The molecule has 3 atom stereocenters. The van der Waals surface area contributed by atoms with Gasteiger partial charge in [-0.05, 0) is 24.3 Å². The maximum atomic E-state index is 13.2. The summed E-state index contributed by atoms with van der Waals surface area (Å²) in [4.78, 5) is 0. The highest BCUT2D eigenvalue weighted by Crippen LogP contribution is 2.39. The van der Waals surface area contributed by atoms with Crippen LogP contribution in [0.2, 0.25) is 0 Å². The predicted octanol–water partition coefficient (Wildman–Crippen LogP) is 5.09. The largest absolute Gasteiger partial charge is 0.393 e. The van der Waals surface area contributed by atoms with E-state index in [1.165, 1.54) is 0 Å². The molecule has 0 saturated heterocycles. The number of hydrogen-bond donors (Lipinski definition) is 1. The Labute approximate surface area is 124 Å². The van der Waals surface area contributed by atoms with Crippen LogP contribution in [-0.2, 0) is 0 Å². The fourth-order valence-electron chi connectivity index (χ4n) is 3.29. The summed E-state index contributed by atoms with van der Waals surface area (Å²) in [6.45, 7) is 4.10. The average Bonchev–Trinajstić information content (AvgIpc) is 2.44. The van der Waals surface area contributed by atoms with Gasteiger partial charge in [0.2, 0.25) is 0 Å². The SMILES string of the molecule is CC(C)C(NC1CCCCC1C(F)(F)F)c1ccccc1. The first kappa shape index (κ1) is 16.3. The van der Waals surface area contributed by atoms with E-state index in [0.717, 1.165) is 12.0 Å². The molecule has 0 aromatic heterocycles. The number of hydrogen-bond acceptors (Lipinski definition) is 1. The normalized spacial score (nSPS) is 25.0. The molecule has 0 aliphatic heterocycles. The molecule has 0 radical (unpaired) electrons. The van der Waals surface area contributed by atoms with E-state index in [2.05, 4.69) is 19.2 Å². The van der Waals surface area contributed by atoms with Crippen LogP contribution in [0.15, 0.2) is 30.3 Å². The van der Waals surface area contributed by atoms with Gasteiger partial charge in [0.1, 0.15) is 0 Å². The van der Waals surface area contributed by atoms with Crippen molar-refractivity contribution >= 4 is 0 Å². The molecule has 118 valence electrons. The van der Waals surface area contributed by atoms with Crippen LogP contribution < -0.4 is 5.32 Å². The Morgan fingerprint density at radius 1 is 1.05 bits per heavy atom. The van der Waals surface area contributed by atoms with Gasteiger partial charge in [0.05, 0.1) is 5.92 Å². The van der Waals surface area contributed by atoms with Crippen molar-refractivity contribution < 1.29 is 13.2 Å². The predicted molar refractivity (Wildman–Crippen MR) is 79.0 cm³/mol. The van der Waals surface area contributed by atoms with Crippen molar-refractivity contribution in [3.63, 3.8) is 0 Å². The molecule has 1 aliphatic rings. The summed E-state index contributed by atoms with van der Waals surface area (Å²) in [5.74, 6) is -0.959. The van der Waals surface area contributed by atoms with Crippen molar-refractivity contribution in [1.29, 1.82) is 0 Å². The lowest BCUT2D eigenvalue weighted by atomic mass is 9.82. The van der Waals surface area contributed by atoms with Gasteiger partial charge in [0.25, 0.3) is 0 Å². The van der Waals surface area contributed by atoms with E-state index in [9.17, 15) is 13.2 Å². The maximum Gasteiger partial charge on any atom is 0.393 e. The standard InChI is InChI=1S/C17H24F3N/c1-12(2)16(13-8-4-3-5-9-13)21-15-11-7-6-10-14(15)17(18,19)20/h3-5,8-9,12,14-16,21H,6-7,10-11H2,1-2H3. The molecule has 2 rings (SSSR count). The second-order valence-electron chi connectivity index (χ2n) is 6.34. The van der Waals surface area contributed by atoms with Crippen molar-refractivity contribution in [3.05, 3.63) is 35.9 Å². The number of nitrogens with one attached hydrogen (secondary N) is 1. The van der Waals surface area contributed by atoms with Crippen LogP contribution in [0, 0.1) is 11.8 Å². The monoisotopic (exact) mass is 299 g/mol. The fourth-order valence-corrected chi connectivity index (χ4v) is 3.29. The molecule has 1 nitrogen and oxygen atoms in total. The highest BCUT2D eigenvalue weighted by Gasteiger charge is 2.46. The van der Waals surface area contributed by atoms with Gasteiger partial charge in [-0.25, -0.2) is 0 Å². The maximum absolute atomic E-state index is 13.2. The number of alkyl halides is 3. The molecule has 1 aliphatic carbocycles. The lowest BCUT2D eigenvalue weighted by Gasteiger charge is -2.37. The van der Waals surface area contributed by atoms with Gasteiger partial charge in [-0.3, -0.25) is 0 Å². The van der Waals surface area contributed by atoms with Crippen LogP contribution in [0.4, 0.5) is 13.2 Å². The van der Waals surface area contributed by atoms with Crippen LogP contribution in [0.3, 0.4) is 0 Å². The number of benzene rings is 1. The highest BCUT2D eigenvalue weighted by molar-refractivity contribution is 5.19. The third-order valence-electron chi connectivity index (χ3n) is 4.41. The summed E-state index contributed by atoms with van der Waals surface area (Å²) in [6, 6.07) is 9.29. The minimum Gasteiger partial charge on any atom is -0.306 e. The molecular formula is C17H24F3N. The number of halogens is 3. The molecular weight excluding hydrogens is 275 g/mol. The Morgan fingerprint density at radius 2 is 1.67 bits per heavy atom. The molecule has 0 amide bonds. The first-order valence-corrected chi connectivity index (χ1v) is 7.77. The summed E-state index contributed by atoms with van der Waals surface area (Å²) in [7, 11) is 0. The summed E-state index contributed by atoms with van der Waals surface area (Å²) in [5, 5.41) is 3.31. The van der Waals surface area contributed by atoms with Gasteiger partial charge < -0.3 is 5.32 Å². The quantitative estimate of drug-likeness (QED) is 0.816. The van der Waals surface area contributed by atoms with Gasteiger partial charge in [-0.2, -0.15) is 13.2 Å². The second kappa shape index (κ2) is 6.82. The third-order valence-corrected chi connectivity index (χ3v) is 4.41. The third kappa shape index (κ3) is 4.22. The Balaban J connectivity index is 2.15. The van der Waals surface area contributed by atoms with Crippen LogP contribution in [0.5, 0.6) is 0 Å². The Hall–Kier alpha value is -1.03. The zero-order valence-electron chi connectivity index (χ0n) is 12.7. The molecule has 0 spiro atoms. The summed E-state index contributed by atoms with van der Waals surface area (Å²) >= 11 is 0. The minimum atomic E-state index is -4.10. The first-order valence-electron chi connectivity index (χ1n) is 7.77. The smallest absolute Gasteiger partial charge is 0.306 e. The topological polar surface area (TPSA) is 12.0 Å². The van der Waals surface area contributed by atoms with E-state index in [4.69, 9.17) is 0 Å². The van der Waals surface area contributed by atoms with E-state index in [1.807, 2.05) is 30.3 Å². The zero-order valence-corrected chi connectivity index (χ0v) is 12.7. The van der Waals surface area contributed by atoms with Crippen molar-refractivity contribution in [2.75, 3.05) is 0 Å². The molecule has 1 N–H and O–H groups in total. The highest BCUT2D eigenvalue weighted by atomic mass is 19.4. The van der Waals surface area contributed by atoms with Crippen molar-refractivity contribution in [2.45, 2.75) is 57.8 Å². The molecule has 1 aromatic carbocycles. The Bertz CT molecular complexity index is 427. The van der Waals surface area contributed by atoms with Crippen molar-refractivity contribution in [3.8, 4) is 0 Å². The lowest BCUT2D eigenvalue weighted by Crippen LogP contribution is -2.47. The van der Waals surface area contributed by atoms with E-state index in [1.54, 1.807) is 0 Å². The molecule has 0 heterocycles. The Morgan fingerprint density at radius 3 is 2.24 bits per heavy atom. The first-order chi connectivity index (χ1) is 9.89. The summed E-state index contributed by atoms with van der Waals surface area (Å²) < 4.78 is 39.6. The molecule has 1 fully saturated rings. The summed E-state index contributed by atoms with van der Waals surface area (Å²) in [5.41, 5.74) is 1.07. The van der Waals surface area contributed by atoms with Crippen LogP contribution >= 0.6 is 0 Å². The van der Waals surface area contributed by atoms with E-state index < -0.39 is 18.1 Å². The van der Waals surface area contributed by atoms with Crippen molar-refractivity contribution in [2.24, 2.45) is 11.8 Å². The number of rotatable bonds is 4.